The van der Waals surface area contributed by atoms with E-state index in [1.54, 1.807) is 0 Å². The molecule has 0 fully saturated rings. The second kappa shape index (κ2) is 21.1. The Hall–Kier alpha value is -4.70. The molecule has 12 nitrogen and oxygen atoms in total. The van der Waals surface area contributed by atoms with E-state index < -0.39 is 5.91 Å². The first-order valence-corrected chi connectivity index (χ1v) is 15.3. The number of amides is 3. The first kappa shape index (κ1) is 35.8. The highest BCUT2D eigenvalue weighted by Gasteiger charge is 2.16. The fraction of sp³-hybridized carbons (Fsp3) is 0.412. The normalized spacial score (nSPS) is 10.6. The monoisotopic (exact) mass is 630 g/mol. The molecule has 0 aliphatic rings. The van der Waals surface area contributed by atoms with Crippen molar-refractivity contribution in [1.29, 1.82) is 0 Å². The zero-order valence-electron chi connectivity index (χ0n) is 26.3. The van der Waals surface area contributed by atoms with Crippen LogP contribution in [0.5, 0.6) is 0 Å². The molecule has 0 spiro atoms. The zero-order valence-corrected chi connectivity index (χ0v) is 26.3. The lowest BCUT2D eigenvalue weighted by Crippen LogP contribution is -2.39. The molecule has 2 aromatic carbocycles. The molecule has 0 aliphatic carbocycles. The number of benzene rings is 2. The van der Waals surface area contributed by atoms with Crippen molar-refractivity contribution < 1.29 is 28.6 Å². The lowest BCUT2D eigenvalue weighted by atomic mass is 10.1. The van der Waals surface area contributed by atoms with Crippen molar-refractivity contribution in [2.75, 3.05) is 71.6 Å². The lowest BCUT2D eigenvalue weighted by molar-refractivity contribution is -0.135. The smallest absolute Gasteiger partial charge is 0.239 e. The van der Waals surface area contributed by atoms with Crippen molar-refractivity contribution in [3.8, 4) is 22.5 Å². The summed E-state index contributed by atoms with van der Waals surface area (Å²) < 4.78 is 16.2. The van der Waals surface area contributed by atoms with Crippen LogP contribution in [0.1, 0.15) is 25.7 Å². The van der Waals surface area contributed by atoms with Crippen LogP contribution >= 0.6 is 0 Å². The van der Waals surface area contributed by atoms with Crippen molar-refractivity contribution in [3.63, 3.8) is 0 Å². The van der Waals surface area contributed by atoms with Crippen molar-refractivity contribution in [3.05, 3.63) is 78.1 Å². The van der Waals surface area contributed by atoms with Gasteiger partial charge in [-0.2, -0.15) is 0 Å². The van der Waals surface area contributed by atoms with Crippen LogP contribution in [0.4, 0.5) is 5.95 Å². The highest BCUT2D eigenvalue weighted by molar-refractivity contribution is 5.93. The predicted octanol–water partition coefficient (Wildman–Crippen LogP) is 3.85. The topological polar surface area (TPSA) is 136 Å². The molecule has 0 atom stereocenters. The highest BCUT2D eigenvalue weighted by atomic mass is 16.5. The van der Waals surface area contributed by atoms with E-state index in [1.165, 1.54) is 11.9 Å². The number of rotatable bonds is 21. The van der Waals surface area contributed by atoms with E-state index in [4.69, 9.17) is 20.8 Å². The van der Waals surface area contributed by atoms with Gasteiger partial charge in [-0.25, -0.2) is 16.5 Å². The van der Waals surface area contributed by atoms with Gasteiger partial charge in [-0.05, 0) is 12.5 Å². The number of aromatic nitrogens is 2. The molecular formula is C34H42N6O6. The van der Waals surface area contributed by atoms with Gasteiger partial charge in [-0.1, -0.05) is 60.7 Å². The van der Waals surface area contributed by atoms with Crippen LogP contribution in [-0.2, 0) is 28.6 Å². The molecule has 1 aromatic heterocycles. The SMILES string of the molecule is [C-]#[N+]CCCOCCOCCOCCCNC(=O)CN(C)C(=O)CCC(=O)Nc1nc(-c2ccccc2)cc(-c2ccccc2)n1. The molecule has 0 bridgehead atoms. The van der Waals surface area contributed by atoms with Gasteiger partial charge >= 0.3 is 0 Å². The van der Waals surface area contributed by atoms with Gasteiger partial charge in [-0.15, -0.1) is 0 Å². The van der Waals surface area contributed by atoms with Crippen LogP contribution in [0.15, 0.2) is 66.7 Å². The summed E-state index contributed by atoms with van der Waals surface area (Å²) in [5.74, 6) is -0.871. The molecular weight excluding hydrogens is 588 g/mol. The van der Waals surface area contributed by atoms with Crippen LogP contribution in [0.25, 0.3) is 27.4 Å². The molecule has 3 amide bonds. The maximum Gasteiger partial charge on any atom is 0.239 e. The highest BCUT2D eigenvalue weighted by Crippen LogP contribution is 2.25. The first-order valence-electron chi connectivity index (χ1n) is 15.3. The average Bonchev–Trinajstić information content (AvgIpc) is 3.08. The number of ether oxygens (including phenoxy) is 3. The quantitative estimate of drug-likeness (QED) is 0.134. The van der Waals surface area contributed by atoms with Crippen LogP contribution < -0.4 is 10.6 Å². The van der Waals surface area contributed by atoms with E-state index in [-0.39, 0.29) is 37.1 Å². The summed E-state index contributed by atoms with van der Waals surface area (Å²) in [5.41, 5.74) is 3.09. The Labute approximate surface area is 270 Å². The Morgan fingerprint density at radius 2 is 1.30 bits per heavy atom. The summed E-state index contributed by atoms with van der Waals surface area (Å²) >= 11 is 0. The number of nitrogens with one attached hydrogen (secondary N) is 2. The largest absolute Gasteiger partial charge is 0.379 e. The second-order valence-corrected chi connectivity index (χ2v) is 10.3. The van der Waals surface area contributed by atoms with Gasteiger partial charge in [0, 0.05) is 50.6 Å². The molecule has 46 heavy (non-hydrogen) atoms. The molecule has 2 N–H and O–H groups in total. The van der Waals surface area contributed by atoms with Gasteiger partial charge < -0.3 is 29.3 Å². The van der Waals surface area contributed by atoms with Gasteiger partial charge in [0.05, 0.1) is 51.0 Å². The number of likely N-dealkylation sites (N-methyl/N-ethyl adjacent to an activating group) is 1. The van der Waals surface area contributed by atoms with Crippen LogP contribution in [0.3, 0.4) is 0 Å². The summed E-state index contributed by atoms with van der Waals surface area (Å²) in [6.45, 7) is 10.3. The van der Waals surface area contributed by atoms with Gasteiger partial charge in [0.25, 0.3) is 0 Å². The Kier molecular flexibility index (Phi) is 16.4. The third kappa shape index (κ3) is 13.9. The van der Waals surface area contributed by atoms with Gasteiger partial charge in [-0.3, -0.25) is 19.7 Å². The number of nitrogens with zero attached hydrogens (tertiary/aromatic N) is 4. The van der Waals surface area contributed by atoms with Crippen LogP contribution in [-0.4, -0.2) is 98.9 Å². The van der Waals surface area contributed by atoms with E-state index in [2.05, 4.69) is 25.4 Å². The number of carbonyl (C=O) groups is 3. The molecule has 1 heterocycles. The van der Waals surface area contributed by atoms with Crippen molar-refractivity contribution in [2.24, 2.45) is 0 Å². The summed E-state index contributed by atoms with van der Waals surface area (Å²) in [4.78, 5) is 51.2. The number of hydrogen-bond donors (Lipinski definition) is 2. The van der Waals surface area contributed by atoms with E-state index in [9.17, 15) is 14.4 Å². The molecule has 3 rings (SSSR count). The molecule has 0 unspecified atom stereocenters. The van der Waals surface area contributed by atoms with Gasteiger partial charge in [0.15, 0.2) is 0 Å². The van der Waals surface area contributed by atoms with Crippen molar-refractivity contribution >= 4 is 23.7 Å². The standard InChI is InChI=1S/C34H42N6O6/c1-35-17-9-19-44-21-23-46-24-22-45-20-10-18-36-32(42)26-40(2)33(43)16-15-31(41)39-34-37-29(27-11-5-3-6-12-27)25-30(38-34)28-13-7-4-8-14-28/h3-8,11-14,25H,9-10,15-24,26H2,2H3,(H,36,42)(H,37,38,39,41). The van der Waals surface area contributed by atoms with E-state index in [1.807, 2.05) is 66.7 Å². The van der Waals surface area contributed by atoms with Gasteiger partial charge in [0.1, 0.15) is 0 Å². The maximum atomic E-state index is 12.7. The fourth-order valence-electron chi connectivity index (χ4n) is 4.16. The average molecular weight is 631 g/mol. The van der Waals surface area contributed by atoms with Crippen molar-refractivity contribution in [1.82, 2.24) is 20.2 Å². The molecule has 0 aliphatic heterocycles. The van der Waals surface area contributed by atoms with E-state index in [0.717, 1.165) is 17.5 Å². The Morgan fingerprint density at radius 3 is 1.87 bits per heavy atom. The zero-order chi connectivity index (χ0) is 32.8. The molecule has 0 radical (unpaired) electrons. The third-order valence-electron chi connectivity index (χ3n) is 6.58. The molecule has 12 heteroatoms. The summed E-state index contributed by atoms with van der Waals surface area (Å²) in [6.07, 6.45) is 1.20. The first-order chi connectivity index (χ1) is 22.5. The minimum absolute atomic E-state index is 0.0657. The summed E-state index contributed by atoms with van der Waals surface area (Å²) in [6, 6.07) is 21.1. The van der Waals surface area contributed by atoms with Gasteiger partial charge in [0.2, 0.25) is 30.2 Å². The third-order valence-corrected chi connectivity index (χ3v) is 6.58. The second-order valence-electron chi connectivity index (χ2n) is 10.3. The van der Waals surface area contributed by atoms with E-state index >= 15 is 0 Å². The van der Waals surface area contributed by atoms with Crippen LogP contribution in [0.2, 0.25) is 0 Å². The summed E-state index contributed by atoms with van der Waals surface area (Å²) in [7, 11) is 1.53. The number of hydrogen-bond acceptors (Lipinski definition) is 8. The molecule has 244 valence electrons. The number of carbonyl (C=O) groups excluding carboxylic acids is 3. The molecule has 3 aromatic rings. The van der Waals surface area contributed by atoms with E-state index in [0.29, 0.717) is 70.5 Å². The van der Waals surface area contributed by atoms with Crippen molar-refractivity contribution in [2.45, 2.75) is 25.7 Å². The van der Waals surface area contributed by atoms with Crippen LogP contribution in [0, 0.1) is 6.57 Å². The predicted molar refractivity (Wildman–Crippen MR) is 175 cm³/mol. The lowest BCUT2D eigenvalue weighted by Gasteiger charge is -2.17. The Balaban J connectivity index is 1.32. The Morgan fingerprint density at radius 1 is 0.761 bits per heavy atom. The number of anilines is 1. The maximum absolute atomic E-state index is 12.7. The summed E-state index contributed by atoms with van der Waals surface area (Å²) in [5, 5.41) is 5.49. The fourth-order valence-corrected chi connectivity index (χ4v) is 4.16. The Bertz CT molecular complexity index is 1340. The minimum Gasteiger partial charge on any atom is -0.379 e. The molecule has 0 saturated carbocycles. The minimum atomic E-state index is -0.401. The molecule has 0 saturated heterocycles.